The van der Waals surface area contributed by atoms with E-state index < -0.39 is 15.4 Å². The van der Waals surface area contributed by atoms with Gasteiger partial charge in [0.05, 0.1) is 10.3 Å². The number of carbonyl (C=O) groups excluding carboxylic acids is 1. The standard InChI is InChI=1S/C18H16BrNO3S/c19-14-6-8-15(9-7-14)24(22,23)20-10-16-17(18(16,11-20)12-21)13-4-2-1-3-5-13/h1-9,12,16-17H,10-11H2/t16-,17-,18+/m0/s1. The fourth-order valence-corrected chi connectivity index (χ4v) is 5.75. The van der Waals surface area contributed by atoms with Crippen LogP contribution in [-0.4, -0.2) is 32.1 Å². The first-order valence-electron chi connectivity index (χ1n) is 7.76. The Morgan fingerprint density at radius 1 is 1.08 bits per heavy atom. The molecule has 1 aliphatic carbocycles. The van der Waals surface area contributed by atoms with Crippen molar-refractivity contribution in [2.75, 3.05) is 13.1 Å². The first-order chi connectivity index (χ1) is 11.5. The predicted molar refractivity (Wildman–Crippen MR) is 94.1 cm³/mol. The van der Waals surface area contributed by atoms with Crippen molar-refractivity contribution in [3.05, 3.63) is 64.6 Å². The number of hydrogen-bond acceptors (Lipinski definition) is 3. The summed E-state index contributed by atoms with van der Waals surface area (Å²) in [5, 5.41) is 0. The molecule has 6 heteroatoms. The summed E-state index contributed by atoms with van der Waals surface area (Å²) < 4.78 is 27.9. The van der Waals surface area contributed by atoms with E-state index in [1.165, 1.54) is 4.31 Å². The Bertz CT molecular complexity index is 882. The molecule has 0 spiro atoms. The zero-order chi connectivity index (χ0) is 16.9. The third kappa shape index (κ3) is 2.28. The van der Waals surface area contributed by atoms with E-state index in [1.54, 1.807) is 24.3 Å². The van der Waals surface area contributed by atoms with Crippen molar-refractivity contribution in [1.29, 1.82) is 0 Å². The highest BCUT2D eigenvalue weighted by Gasteiger charge is 2.70. The van der Waals surface area contributed by atoms with Crippen LogP contribution >= 0.6 is 15.9 Å². The molecule has 4 nitrogen and oxygen atoms in total. The van der Waals surface area contributed by atoms with Crippen LogP contribution in [0.3, 0.4) is 0 Å². The SMILES string of the molecule is O=C[C@]12CN(S(=O)(=O)c3ccc(Br)cc3)C[C@H]1[C@@H]2c1ccccc1. The zero-order valence-corrected chi connectivity index (χ0v) is 15.2. The summed E-state index contributed by atoms with van der Waals surface area (Å²) >= 11 is 3.31. The van der Waals surface area contributed by atoms with E-state index in [2.05, 4.69) is 15.9 Å². The minimum absolute atomic E-state index is 0.0719. The van der Waals surface area contributed by atoms with Gasteiger partial charge in [-0.25, -0.2) is 8.42 Å². The maximum atomic E-state index is 12.8. The topological polar surface area (TPSA) is 54.5 Å². The number of piperidine rings is 1. The monoisotopic (exact) mass is 405 g/mol. The molecule has 1 heterocycles. The predicted octanol–water partition coefficient (Wildman–Crippen LogP) is 3.05. The second kappa shape index (κ2) is 5.51. The summed E-state index contributed by atoms with van der Waals surface area (Å²) in [6, 6.07) is 16.5. The number of sulfonamides is 1. The van der Waals surface area contributed by atoms with Crippen LogP contribution < -0.4 is 0 Å². The Balaban J connectivity index is 1.60. The van der Waals surface area contributed by atoms with Gasteiger partial charge in [0.2, 0.25) is 10.0 Å². The zero-order valence-electron chi connectivity index (χ0n) is 12.8. The summed E-state index contributed by atoms with van der Waals surface area (Å²) in [5.41, 5.74) is 0.555. The molecule has 0 aromatic heterocycles. The smallest absolute Gasteiger partial charge is 0.243 e. The molecule has 1 saturated carbocycles. The Labute approximate surface area is 149 Å². The molecule has 3 atom stereocenters. The lowest BCUT2D eigenvalue weighted by atomic mass is 10.0. The number of rotatable bonds is 4. The van der Waals surface area contributed by atoms with Gasteiger partial charge in [-0.1, -0.05) is 46.3 Å². The van der Waals surface area contributed by atoms with Gasteiger partial charge in [-0.3, -0.25) is 0 Å². The molecule has 0 amide bonds. The molecular formula is C18H16BrNO3S. The number of carbonyl (C=O) groups is 1. The van der Waals surface area contributed by atoms with E-state index in [0.29, 0.717) is 6.54 Å². The first kappa shape index (κ1) is 16.0. The average Bonchev–Trinajstić information content (AvgIpc) is 3.04. The van der Waals surface area contributed by atoms with Crippen LogP contribution in [0.5, 0.6) is 0 Å². The van der Waals surface area contributed by atoms with Crippen molar-refractivity contribution in [2.24, 2.45) is 11.3 Å². The highest BCUT2D eigenvalue weighted by atomic mass is 79.9. The molecule has 2 aromatic carbocycles. The number of hydrogen-bond donors (Lipinski definition) is 0. The van der Waals surface area contributed by atoms with Crippen molar-refractivity contribution >= 4 is 32.2 Å². The first-order valence-corrected chi connectivity index (χ1v) is 9.99. The lowest BCUT2D eigenvalue weighted by molar-refractivity contribution is -0.112. The quantitative estimate of drug-likeness (QED) is 0.734. The van der Waals surface area contributed by atoms with Gasteiger partial charge in [0, 0.05) is 23.5 Å². The Kier molecular flexibility index (Phi) is 3.67. The Hall–Kier alpha value is -1.50. The van der Waals surface area contributed by atoms with Gasteiger partial charge in [0.15, 0.2) is 0 Å². The lowest BCUT2D eigenvalue weighted by Gasteiger charge is -2.21. The fourth-order valence-electron chi connectivity index (χ4n) is 3.96. The minimum Gasteiger partial charge on any atom is -0.303 e. The van der Waals surface area contributed by atoms with Crippen LogP contribution in [0.15, 0.2) is 64.0 Å². The number of benzene rings is 2. The van der Waals surface area contributed by atoms with E-state index in [9.17, 15) is 13.2 Å². The molecule has 0 unspecified atom stereocenters. The number of halogens is 1. The second-order valence-corrected chi connectivity index (χ2v) is 9.33. The fraction of sp³-hybridized carbons (Fsp3) is 0.278. The Morgan fingerprint density at radius 3 is 2.33 bits per heavy atom. The van der Waals surface area contributed by atoms with Crippen LogP contribution in [-0.2, 0) is 14.8 Å². The van der Waals surface area contributed by atoms with Crippen LogP contribution in [0.1, 0.15) is 11.5 Å². The molecule has 2 fully saturated rings. The molecular weight excluding hydrogens is 390 g/mol. The maximum Gasteiger partial charge on any atom is 0.243 e. The van der Waals surface area contributed by atoms with Crippen LogP contribution in [0.25, 0.3) is 0 Å². The second-order valence-electron chi connectivity index (χ2n) is 6.48. The third-order valence-electron chi connectivity index (χ3n) is 5.24. The summed E-state index contributed by atoms with van der Waals surface area (Å²) in [5.74, 6) is 0.204. The van der Waals surface area contributed by atoms with E-state index in [0.717, 1.165) is 16.3 Å². The van der Waals surface area contributed by atoms with Gasteiger partial charge in [-0.15, -0.1) is 0 Å². The van der Waals surface area contributed by atoms with Crippen LogP contribution in [0.2, 0.25) is 0 Å². The molecule has 24 heavy (non-hydrogen) atoms. The van der Waals surface area contributed by atoms with E-state index >= 15 is 0 Å². The number of aldehydes is 1. The van der Waals surface area contributed by atoms with Crippen LogP contribution in [0, 0.1) is 11.3 Å². The van der Waals surface area contributed by atoms with Gasteiger partial charge in [-0.2, -0.15) is 4.31 Å². The summed E-state index contributed by atoms with van der Waals surface area (Å²) in [6.07, 6.45) is 0.965. The molecule has 0 bridgehead atoms. The number of nitrogens with zero attached hydrogens (tertiary/aromatic N) is 1. The largest absolute Gasteiger partial charge is 0.303 e. The maximum absolute atomic E-state index is 12.8. The van der Waals surface area contributed by atoms with Gasteiger partial charge >= 0.3 is 0 Å². The van der Waals surface area contributed by atoms with E-state index in [1.807, 2.05) is 30.3 Å². The van der Waals surface area contributed by atoms with Gasteiger partial charge in [0.1, 0.15) is 6.29 Å². The highest BCUT2D eigenvalue weighted by Crippen LogP contribution is 2.67. The highest BCUT2D eigenvalue weighted by molar-refractivity contribution is 9.10. The van der Waals surface area contributed by atoms with Crippen molar-refractivity contribution in [3.8, 4) is 0 Å². The van der Waals surface area contributed by atoms with E-state index in [4.69, 9.17) is 0 Å². The minimum atomic E-state index is -3.56. The molecule has 1 saturated heterocycles. The van der Waals surface area contributed by atoms with Crippen molar-refractivity contribution in [1.82, 2.24) is 4.31 Å². The number of fused-ring (bicyclic) bond motifs is 1. The lowest BCUT2D eigenvalue weighted by Crippen LogP contribution is -2.33. The van der Waals surface area contributed by atoms with Crippen molar-refractivity contribution in [3.63, 3.8) is 0 Å². The summed E-state index contributed by atoms with van der Waals surface area (Å²) in [4.78, 5) is 12.0. The molecule has 2 aromatic rings. The average molecular weight is 406 g/mol. The molecule has 1 aliphatic heterocycles. The van der Waals surface area contributed by atoms with Crippen molar-refractivity contribution in [2.45, 2.75) is 10.8 Å². The molecule has 4 rings (SSSR count). The van der Waals surface area contributed by atoms with Gasteiger partial charge in [0.25, 0.3) is 0 Å². The summed E-state index contributed by atoms with van der Waals surface area (Å²) in [7, 11) is -3.56. The van der Waals surface area contributed by atoms with Gasteiger partial charge in [-0.05, 0) is 35.7 Å². The molecule has 124 valence electrons. The Morgan fingerprint density at radius 2 is 1.75 bits per heavy atom. The normalized spacial score (nSPS) is 29.2. The molecule has 2 aliphatic rings. The van der Waals surface area contributed by atoms with Crippen molar-refractivity contribution < 1.29 is 13.2 Å². The van der Waals surface area contributed by atoms with Crippen LogP contribution in [0.4, 0.5) is 0 Å². The molecule has 0 radical (unpaired) electrons. The van der Waals surface area contributed by atoms with Gasteiger partial charge < -0.3 is 4.79 Å². The molecule has 0 N–H and O–H groups in total. The summed E-state index contributed by atoms with van der Waals surface area (Å²) in [6.45, 7) is 0.663. The third-order valence-corrected chi connectivity index (χ3v) is 7.60. The van der Waals surface area contributed by atoms with E-state index in [-0.39, 0.29) is 23.3 Å².